The summed E-state index contributed by atoms with van der Waals surface area (Å²) in [4.78, 5) is 12.7. The van der Waals surface area contributed by atoms with E-state index in [0.717, 1.165) is 15.7 Å². The Bertz CT molecular complexity index is 537. The maximum absolute atomic E-state index is 6.00. The van der Waals surface area contributed by atoms with Gasteiger partial charge in [-0.1, -0.05) is 17.7 Å². The van der Waals surface area contributed by atoms with Gasteiger partial charge >= 0.3 is 0 Å². The maximum Gasteiger partial charge on any atom is 0.212 e. The summed E-state index contributed by atoms with van der Waals surface area (Å²) in [5, 5.41) is 0.430. The van der Waals surface area contributed by atoms with Crippen molar-refractivity contribution >= 4 is 27.5 Å². The van der Waals surface area contributed by atoms with Gasteiger partial charge in [0.15, 0.2) is 0 Å². The van der Waals surface area contributed by atoms with Gasteiger partial charge in [0.25, 0.3) is 0 Å². The van der Waals surface area contributed by atoms with Gasteiger partial charge < -0.3 is 4.74 Å². The van der Waals surface area contributed by atoms with Crippen LogP contribution < -0.4 is 4.74 Å². The van der Waals surface area contributed by atoms with Crippen molar-refractivity contribution in [3.63, 3.8) is 0 Å². The Kier molecular flexibility index (Phi) is 4.14. The first-order valence-corrected chi connectivity index (χ1v) is 6.44. The highest BCUT2D eigenvalue weighted by atomic mass is 79.9. The number of ether oxygens (including phenoxy) is 1. The highest BCUT2D eigenvalue weighted by Crippen LogP contribution is 2.23. The molecule has 94 valence electrons. The van der Waals surface area contributed by atoms with Crippen molar-refractivity contribution in [1.82, 2.24) is 15.0 Å². The molecule has 6 heteroatoms. The van der Waals surface area contributed by atoms with Crippen LogP contribution in [0.5, 0.6) is 5.88 Å². The van der Waals surface area contributed by atoms with Crippen molar-refractivity contribution in [2.45, 2.75) is 13.3 Å². The Morgan fingerprint density at radius 3 is 2.67 bits per heavy atom. The lowest BCUT2D eigenvalue weighted by molar-refractivity contribution is 0.397. The van der Waals surface area contributed by atoms with Crippen molar-refractivity contribution in [1.29, 1.82) is 0 Å². The summed E-state index contributed by atoms with van der Waals surface area (Å²) in [5.74, 6) is 1.26. The number of methoxy groups -OCH3 is 1. The average Bonchev–Trinajstić information content (AvgIpc) is 2.37. The van der Waals surface area contributed by atoms with E-state index in [9.17, 15) is 0 Å². The minimum absolute atomic E-state index is 0.430. The highest BCUT2D eigenvalue weighted by molar-refractivity contribution is 9.10. The second kappa shape index (κ2) is 5.63. The number of pyridine rings is 1. The summed E-state index contributed by atoms with van der Waals surface area (Å²) < 4.78 is 5.74. The van der Waals surface area contributed by atoms with Crippen molar-refractivity contribution in [2.24, 2.45) is 0 Å². The number of aryl methyl sites for hydroxylation is 1. The van der Waals surface area contributed by atoms with Crippen LogP contribution in [0.4, 0.5) is 0 Å². The third-order valence-electron chi connectivity index (χ3n) is 2.39. The Labute approximate surface area is 119 Å². The van der Waals surface area contributed by atoms with Crippen LogP contribution in [0.3, 0.4) is 0 Å². The second-order valence-corrected chi connectivity index (χ2v) is 4.87. The molecule has 0 saturated carbocycles. The minimum atomic E-state index is 0.430. The lowest BCUT2D eigenvalue weighted by Gasteiger charge is -2.05. The highest BCUT2D eigenvalue weighted by Gasteiger charge is 2.08. The fourth-order valence-electron chi connectivity index (χ4n) is 1.48. The van der Waals surface area contributed by atoms with Gasteiger partial charge in [0.1, 0.15) is 11.0 Å². The molecule has 2 aromatic heterocycles. The zero-order chi connectivity index (χ0) is 13.1. The molecule has 0 aliphatic carbocycles. The van der Waals surface area contributed by atoms with Crippen LogP contribution in [0.2, 0.25) is 5.15 Å². The second-order valence-electron chi connectivity index (χ2n) is 3.72. The molecule has 0 aliphatic heterocycles. The van der Waals surface area contributed by atoms with Gasteiger partial charge in [0.05, 0.1) is 17.3 Å². The lowest BCUT2D eigenvalue weighted by atomic mass is 10.2. The molecule has 0 N–H and O–H groups in total. The molecule has 0 atom stereocenters. The molecule has 0 aromatic carbocycles. The smallest absolute Gasteiger partial charge is 0.212 e. The molecule has 0 spiro atoms. The van der Waals surface area contributed by atoms with E-state index in [1.54, 1.807) is 13.3 Å². The molecule has 0 fully saturated rings. The molecule has 0 aliphatic rings. The summed E-state index contributed by atoms with van der Waals surface area (Å²) in [7, 11) is 1.59. The fourth-order valence-corrected chi connectivity index (χ4v) is 1.89. The molecule has 2 heterocycles. The summed E-state index contributed by atoms with van der Waals surface area (Å²) in [6.07, 6.45) is 2.33. The quantitative estimate of drug-likeness (QED) is 0.812. The zero-order valence-corrected chi connectivity index (χ0v) is 12.3. The monoisotopic (exact) mass is 327 g/mol. The van der Waals surface area contributed by atoms with Crippen molar-refractivity contribution in [2.75, 3.05) is 7.11 Å². The number of nitrogens with zero attached hydrogens (tertiary/aromatic N) is 3. The Hall–Kier alpha value is -1.20. The first kappa shape index (κ1) is 13.2. The van der Waals surface area contributed by atoms with Gasteiger partial charge in [-0.2, -0.15) is 0 Å². The van der Waals surface area contributed by atoms with Crippen molar-refractivity contribution in [3.8, 4) is 5.88 Å². The van der Waals surface area contributed by atoms with Gasteiger partial charge in [-0.3, -0.25) is 0 Å². The Morgan fingerprint density at radius 2 is 2.11 bits per heavy atom. The van der Waals surface area contributed by atoms with Crippen molar-refractivity contribution in [3.05, 3.63) is 45.0 Å². The minimum Gasteiger partial charge on any atom is -0.481 e. The van der Waals surface area contributed by atoms with E-state index < -0.39 is 0 Å². The number of halogens is 2. The Balaban J connectivity index is 2.23. The van der Waals surface area contributed by atoms with E-state index >= 15 is 0 Å². The fraction of sp³-hybridized carbons (Fsp3) is 0.250. The molecule has 2 rings (SSSR count). The van der Waals surface area contributed by atoms with E-state index in [1.807, 2.05) is 19.1 Å². The van der Waals surface area contributed by atoms with E-state index in [-0.39, 0.29) is 0 Å². The number of rotatable bonds is 3. The molecule has 2 aromatic rings. The van der Waals surface area contributed by atoms with Crippen LogP contribution in [0.1, 0.15) is 17.1 Å². The molecule has 4 nitrogen and oxygen atoms in total. The van der Waals surface area contributed by atoms with Crippen LogP contribution >= 0.6 is 27.5 Å². The molecular weight excluding hydrogens is 318 g/mol. The van der Waals surface area contributed by atoms with Gasteiger partial charge in [0, 0.05) is 18.7 Å². The lowest BCUT2D eigenvalue weighted by Crippen LogP contribution is -2.00. The number of hydrogen-bond donors (Lipinski definition) is 0. The first-order valence-electron chi connectivity index (χ1n) is 5.27. The van der Waals surface area contributed by atoms with Crippen LogP contribution in [0.25, 0.3) is 0 Å². The van der Waals surface area contributed by atoms with Gasteiger partial charge in [-0.15, -0.1) is 0 Å². The zero-order valence-electron chi connectivity index (χ0n) is 9.94. The summed E-state index contributed by atoms with van der Waals surface area (Å²) in [6, 6.07) is 3.74. The van der Waals surface area contributed by atoms with E-state index in [2.05, 4.69) is 30.9 Å². The van der Waals surface area contributed by atoms with Crippen LogP contribution in [-0.4, -0.2) is 22.1 Å². The third kappa shape index (κ3) is 2.97. The third-order valence-corrected chi connectivity index (χ3v) is 3.84. The average molecular weight is 329 g/mol. The molecule has 0 saturated heterocycles. The molecule has 0 radical (unpaired) electrons. The Morgan fingerprint density at radius 1 is 1.33 bits per heavy atom. The number of aromatic nitrogens is 3. The van der Waals surface area contributed by atoms with Gasteiger partial charge in [-0.05, 0) is 28.4 Å². The predicted molar refractivity (Wildman–Crippen MR) is 73.1 cm³/mol. The standard InChI is InChI=1S/C12H11BrClN3O/c1-7-11(13)12(14)17-9(16-7)5-8-3-4-10(18-2)15-6-8/h3-4,6H,5H2,1-2H3. The van der Waals surface area contributed by atoms with Gasteiger partial charge in [0.2, 0.25) is 5.88 Å². The molecular formula is C12H11BrClN3O. The van der Waals surface area contributed by atoms with Gasteiger partial charge in [-0.25, -0.2) is 15.0 Å². The topological polar surface area (TPSA) is 47.9 Å². The summed E-state index contributed by atoms with van der Waals surface area (Å²) >= 11 is 9.33. The first-order chi connectivity index (χ1) is 8.60. The molecule has 0 amide bonds. The molecule has 0 bridgehead atoms. The van der Waals surface area contributed by atoms with Crippen LogP contribution in [0.15, 0.2) is 22.8 Å². The SMILES string of the molecule is COc1ccc(Cc2nc(C)c(Br)c(Cl)n2)cn1. The maximum atomic E-state index is 6.00. The largest absolute Gasteiger partial charge is 0.481 e. The van der Waals surface area contributed by atoms with E-state index in [4.69, 9.17) is 16.3 Å². The van der Waals surface area contributed by atoms with Crippen LogP contribution in [-0.2, 0) is 6.42 Å². The van der Waals surface area contributed by atoms with Crippen molar-refractivity contribution < 1.29 is 4.74 Å². The normalized spacial score (nSPS) is 10.4. The van der Waals surface area contributed by atoms with E-state index in [0.29, 0.717) is 23.3 Å². The van der Waals surface area contributed by atoms with Crippen LogP contribution in [0, 0.1) is 6.92 Å². The predicted octanol–water partition coefficient (Wildman–Crippen LogP) is 3.20. The number of hydrogen-bond acceptors (Lipinski definition) is 4. The molecule has 0 unspecified atom stereocenters. The summed E-state index contributed by atoms with van der Waals surface area (Å²) in [6.45, 7) is 1.88. The van der Waals surface area contributed by atoms with E-state index in [1.165, 1.54) is 0 Å². The molecule has 18 heavy (non-hydrogen) atoms. The summed E-state index contributed by atoms with van der Waals surface area (Å²) in [5.41, 5.74) is 1.83.